The van der Waals surface area contributed by atoms with Gasteiger partial charge in [0, 0.05) is 31.4 Å². The van der Waals surface area contributed by atoms with Gasteiger partial charge in [0.15, 0.2) is 17.5 Å². The lowest BCUT2D eigenvalue weighted by molar-refractivity contribution is 0.322. The minimum Gasteiger partial charge on any atom is -0.493 e. The summed E-state index contributed by atoms with van der Waals surface area (Å²) in [5.74, 6) is 2.88. The van der Waals surface area contributed by atoms with Crippen molar-refractivity contribution in [3.8, 4) is 17.2 Å². The van der Waals surface area contributed by atoms with Gasteiger partial charge in [-0.15, -0.1) is 24.0 Å². The molecule has 0 radical (unpaired) electrons. The summed E-state index contributed by atoms with van der Waals surface area (Å²) >= 11 is 0. The maximum absolute atomic E-state index is 5.57. The number of guanidine groups is 1. The Kier molecular flexibility index (Phi) is 8.22. The zero-order chi connectivity index (χ0) is 19.2. The zero-order valence-electron chi connectivity index (χ0n) is 16.8. The Labute approximate surface area is 183 Å². The summed E-state index contributed by atoms with van der Waals surface area (Å²) in [5, 5.41) is 3.47. The van der Waals surface area contributed by atoms with Gasteiger partial charge in [-0.1, -0.05) is 24.3 Å². The molecule has 0 saturated carbocycles. The second kappa shape index (κ2) is 10.4. The average molecular weight is 497 g/mol. The Hall–Kier alpha value is -2.16. The highest BCUT2D eigenvalue weighted by atomic mass is 127. The number of halogens is 1. The van der Waals surface area contributed by atoms with Crippen LogP contribution in [0.15, 0.2) is 41.4 Å². The smallest absolute Gasteiger partial charge is 0.203 e. The van der Waals surface area contributed by atoms with Crippen molar-refractivity contribution in [2.24, 2.45) is 4.99 Å². The first-order chi connectivity index (χ1) is 13.2. The molecular weight excluding hydrogens is 469 g/mol. The lowest BCUT2D eigenvalue weighted by Crippen LogP contribution is -2.41. The molecule has 1 heterocycles. The van der Waals surface area contributed by atoms with Gasteiger partial charge in [0.1, 0.15) is 0 Å². The predicted molar refractivity (Wildman–Crippen MR) is 124 cm³/mol. The molecule has 1 aliphatic rings. The lowest BCUT2D eigenvalue weighted by Gasteiger charge is -2.22. The molecule has 28 heavy (non-hydrogen) atoms. The van der Waals surface area contributed by atoms with E-state index in [4.69, 9.17) is 14.2 Å². The summed E-state index contributed by atoms with van der Waals surface area (Å²) in [7, 11) is 6.71. The molecule has 6 nitrogen and oxygen atoms in total. The summed E-state index contributed by atoms with van der Waals surface area (Å²) < 4.78 is 16.4. The second-order valence-electron chi connectivity index (χ2n) is 6.25. The molecule has 1 N–H and O–H groups in total. The molecule has 0 atom stereocenters. The van der Waals surface area contributed by atoms with Crippen LogP contribution in [0.4, 0.5) is 5.69 Å². The van der Waals surface area contributed by atoms with Gasteiger partial charge in [-0.25, -0.2) is 0 Å². The molecule has 0 amide bonds. The van der Waals surface area contributed by atoms with E-state index in [9.17, 15) is 0 Å². The van der Waals surface area contributed by atoms with Crippen LogP contribution in [0, 0.1) is 0 Å². The maximum atomic E-state index is 5.57. The average Bonchev–Trinajstić information content (AvgIpc) is 3.14. The van der Waals surface area contributed by atoms with Crippen molar-refractivity contribution in [3.05, 3.63) is 47.5 Å². The molecule has 0 saturated heterocycles. The van der Waals surface area contributed by atoms with E-state index in [0.717, 1.165) is 37.5 Å². The molecule has 0 fully saturated rings. The molecule has 0 unspecified atom stereocenters. The van der Waals surface area contributed by atoms with Gasteiger partial charge < -0.3 is 24.4 Å². The van der Waals surface area contributed by atoms with Crippen LogP contribution in [-0.4, -0.2) is 47.4 Å². The summed E-state index contributed by atoms with van der Waals surface area (Å²) in [6.45, 7) is 1.68. The first-order valence-electron chi connectivity index (χ1n) is 9.07. The Morgan fingerprint density at radius 2 is 1.79 bits per heavy atom. The number of nitrogens with zero attached hydrogens (tertiary/aromatic N) is 2. The molecule has 0 aromatic heterocycles. The summed E-state index contributed by atoms with van der Waals surface area (Å²) in [6.07, 6.45) is 1.82. The SMILES string of the molecule is CN=C(NCCc1ccc(OC)c(OC)c1OC)N1CCc2ccccc21.I. The summed E-state index contributed by atoms with van der Waals surface area (Å²) in [6, 6.07) is 12.4. The number of fused-ring (bicyclic) bond motifs is 1. The van der Waals surface area contributed by atoms with Gasteiger partial charge in [-0.3, -0.25) is 4.99 Å². The maximum Gasteiger partial charge on any atom is 0.203 e. The highest BCUT2D eigenvalue weighted by Crippen LogP contribution is 2.39. The summed E-state index contributed by atoms with van der Waals surface area (Å²) in [4.78, 5) is 6.70. The van der Waals surface area contributed by atoms with Crippen LogP contribution in [0.25, 0.3) is 0 Å². The van der Waals surface area contributed by atoms with E-state index in [1.165, 1.54) is 11.3 Å². The third-order valence-electron chi connectivity index (χ3n) is 4.82. The number of nitrogens with one attached hydrogen (secondary N) is 1. The van der Waals surface area contributed by atoms with Crippen molar-refractivity contribution in [3.63, 3.8) is 0 Å². The van der Waals surface area contributed by atoms with E-state index in [-0.39, 0.29) is 24.0 Å². The molecule has 152 valence electrons. The van der Waals surface area contributed by atoms with E-state index in [2.05, 4.69) is 39.5 Å². The minimum absolute atomic E-state index is 0. The van der Waals surface area contributed by atoms with Gasteiger partial charge in [0.05, 0.1) is 21.3 Å². The molecule has 2 aromatic rings. The Bertz CT molecular complexity index is 827. The third kappa shape index (κ3) is 4.45. The van der Waals surface area contributed by atoms with Crippen LogP contribution in [0.5, 0.6) is 17.2 Å². The van der Waals surface area contributed by atoms with Gasteiger partial charge in [0.2, 0.25) is 5.75 Å². The zero-order valence-corrected chi connectivity index (χ0v) is 19.2. The summed E-state index contributed by atoms with van der Waals surface area (Å²) in [5.41, 5.74) is 3.65. The first-order valence-corrected chi connectivity index (χ1v) is 9.07. The number of aliphatic imine (C=N–C) groups is 1. The monoisotopic (exact) mass is 497 g/mol. The minimum atomic E-state index is 0. The van der Waals surface area contributed by atoms with Crippen molar-refractivity contribution < 1.29 is 14.2 Å². The highest BCUT2D eigenvalue weighted by Gasteiger charge is 2.22. The topological polar surface area (TPSA) is 55.3 Å². The van der Waals surface area contributed by atoms with E-state index >= 15 is 0 Å². The van der Waals surface area contributed by atoms with Crippen molar-refractivity contribution in [1.82, 2.24) is 5.32 Å². The van der Waals surface area contributed by atoms with E-state index < -0.39 is 0 Å². The molecule has 0 aliphatic carbocycles. The van der Waals surface area contributed by atoms with E-state index in [1.54, 1.807) is 21.3 Å². The highest BCUT2D eigenvalue weighted by molar-refractivity contribution is 14.0. The quantitative estimate of drug-likeness (QED) is 0.376. The van der Waals surface area contributed by atoms with Crippen molar-refractivity contribution in [2.75, 3.05) is 46.4 Å². The van der Waals surface area contributed by atoms with Crippen LogP contribution >= 0.6 is 24.0 Å². The van der Waals surface area contributed by atoms with Crippen molar-refractivity contribution >= 4 is 35.6 Å². The fourth-order valence-corrected chi connectivity index (χ4v) is 3.52. The third-order valence-corrected chi connectivity index (χ3v) is 4.82. The molecule has 1 aliphatic heterocycles. The lowest BCUT2D eigenvalue weighted by atomic mass is 10.1. The number of rotatable bonds is 6. The molecule has 0 bridgehead atoms. The van der Waals surface area contributed by atoms with Crippen LogP contribution in [0.3, 0.4) is 0 Å². The van der Waals surface area contributed by atoms with Crippen LogP contribution < -0.4 is 24.4 Å². The second-order valence-corrected chi connectivity index (χ2v) is 6.25. The van der Waals surface area contributed by atoms with Gasteiger partial charge in [0.25, 0.3) is 0 Å². The molecule has 3 rings (SSSR count). The van der Waals surface area contributed by atoms with Crippen molar-refractivity contribution in [1.29, 1.82) is 0 Å². The number of hydrogen-bond acceptors (Lipinski definition) is 4. The van der Waals surface area contributed by atoms with Gasteiger partial charge in [-0.05, 0) is 30.5 Å². The molecular formula is C21H28IN3O3. The Morgan fingerprint density at radius 1 is 1.04 bits per heavy atom. The Balaban J connectivity index is 0.00000280. The van der Waals surface area contributed by atoms with E-state index in [1.807, 2.05) is 19.2 Å². The number of ether oxygens (including phenoxy) is 3. The van der Waals surface area contributed by atoms with Crippen LogP contribution in [0.1, 0.15) is 11.1 Å². The standard InChI is InChI=1S/C21H27N3O3.HI/c1-22-21(24-14-12-15-7-5-6-8-17(15)24)23-13-11-16-9-10-18(25-2)20(27-4)19(16)26-3;/h5-10H,11-14H2,1-4H3,(H,22,23);1H. The molecule has 2 aromatic carbocycles. The number of methoxy groups -OCH3 is 3. The van der Waals surface area contributed by atoms with E-state index in [0.29, 0.717) is 17.2 Å². The largest absolute Gasteiger partial charge is 0.493 e. The fraction of sp³-hybridized carbons (Fsp3) is 0.381. The fourth-order valence-electron chi connectivity index (χ4n) is 3.52. The first kappa shape index (κ1) is 22.1. The number of hydrogen-bond donors (Lipinski definition) is 1. The number of para-hydroxylation sites is 1. The normalized spacial score (nSPS) is 12.9. The van der Waals surface area contributed by atoms with Gasteiger partial charge >= 0.3 is 0 Å². The molecule has 7 heteroatoms. The van der Waals surface area contributed by atoms with Crippen molar-refractivity contribution in [2.45, 2.75) is 12.8 Å². The molecule has 0 spiro atoms. The number of benzene rings is 2. The number of anilines is 1. The van der Waals surface area contributed by atoms with Gasteiger partial charge in [-0.2, -0.15) is 0 Å². The predicted octanol–water partition coefficient (Wildman–Crippen LogP) is 3.51. The van der Waals surface area contributed by atoms with Crippen LogP contribution in [-0.2, 0) is 12.8 Å². The Morgan fingerprint density at radius 3 is 2.46 bits per heavy atom. The van der Waals surface area contributed by atoms with Crippen LogP contribution in [0.2, 0.25) is 0 Å².